The molecule has 33 heavy (non-hydrogen) atoms. The molecule has 1 unspecified atom stereocenters. The van der Waals surface area contributed by atoms with Gasteiger partial charge in [-0.15, -0.1) is 11.3 Å². The van der Waals surface area contributed by atoms with Crippen LogP contribution >= 0.6 is 11.3 Å². The average molecular weight is 488 g/mol. The molecule has 2 heterocycles. The van der Waals surface area contributed by atoms with Gasteiger partial charge in [0, 0.05) is 16.6 Å². The van der Waals surface area contributed by atoms with Crippen molar-refractivity contribution in [1.29, 1.82) is 0 Å². The highest BCUT2D eigenvalue weighted by atomic mass is 32.2. The van der Waals surface area contributed by atoms with Gasteiger partial charge in [0.2, 0.25) is 21.8 Å². The minimum Gasteiger partial charge on any atom is -0.477 e. The minimum atomic E-state index is -3.38. The zero-order chi connectivity index (χ0) is 23.4. The largest absolute Gasteiger partial charge is 0.477 e. The summed E-state index contributed by atoms with van der Waals surface area (Å²) in [5.74, 6) is -0.237. The Morgan fingerprint density at radius 3 is 2.61 bits per heavy atom. The van der Waals surface area contributed by atoms with Crippen LogP contribution in [-0.4, -0.2) is 41.1 Å². The molecule has 2 N–H and O–H groups in total. The molecule has 0 spiro atoms. The third kappa shape index (κ3) is 5.66. The Hall–Kier alpha value is -3.05. The normalized spacial score (nSPS) is 14.5. The predicted molar refractivity (Wildman–Crippen MR) is 128 cm³/mol. The van der Waals surface area contributed by atoms with E-state index in [1.807, 2.05) is 26.0 Å². The molecule has 174 valence electrons. The van der Waals surface area contributed by atoms with Gasteiger partial charge in [-0.05, 0) is 38.3 Å². The van der Waals surface area contributed by atoms with E-state index in [4.69, 9.17) is 4.74 Å². The molecule has 0 radical (unpaired) electrons. The fourth-order valence-electron chi connectivity index (χ4n) is 3.26. The molecule has 0 aliphatic heterocycles. The van der Waals surface area contributed by atoms with E-state index in [-0.39, 0.29) is 11.2 Å². The number of carbonyl (C=O) groups is 1. The highest BCUT2D eigenvalue weighted by molar-refractivity contribution is 7.93. The van der Waals surface area contributed by atoms with Crippen molar-refractivity contribution in [3.63, 3.8) is 0 Å². The number of thiazole rings is 1. The molecular weight excluding hydrogens is 462 g/mol. The molecule has 1 fully saturated rings. The van der Waals surface area contributed by atoms with E-state index >= 15 is 0 Å². The van der Waals surface area contributed by atoms with Crippen molar-refractivity contribution >= 4 is 38.1 Å². The molecule has 4 rings (SSSR count). The maximum atomic E-state index is 12.9. The van der Waals surface area contributed by atoms with Crippen LogP contribution in [0, 0.1) is 0 Å². The van der Waals surface area contributed by atoms with Crippen LogP contribution in [0.2, 0.25) is 0 Å². The Balaban J connectivity index is 1.42. The lowest BCUT2D eigenvalue weighted by Gasteiger charge is -2.13. The summed E-state index contributed by atoms with van der Waals surface area (Å²) in [4.78, 5) is 25.8. The molecule has 2 aromatic heterocycles. The summed E-state index contributed by atoms with van der Waals surface area (Å²) in [6.45, 7) is 4.29. The van der Waals surface area contributed by atoms with Crippen LogP contribution in [-0.2, 0) is 14.8 Å². The van der Waals surface area contributed by atoms with E-state index in [9.17, 15) is 13.2 Å². The van der Waals surface area contributed by atoms with Crippen molar-refractivity contribution in [1.82, 2.24) is 15.0 Å². The average Bonchev–Trinajstić information content (AvgIpc) is 3.57. The molecular formula is C22H25N5O4S2. The number of aromatic nitrogens is 3. The van der Waals surface area contributed by atoms with Gasteiger partial charge < -0.3 is 10.1 Å². The summed E-state index contributed by atoms with van der Waals surface area (Å²) in [5, 5.41) is 4.61. The number of nitrogens with one attached hydrogen (secondary N) is 2. The van der Waals surface area contributed by atoms with Crippen LogP contribution in [0.25, 0.3) is 11.3 Å². The van der Waals surface area contributed by atoms with Gasteiger partial charge in [-0.3, -0.25) is 14.5 Å². The topological polar surface area (TPSA) is 123 Å². The molecule has 0 saturated heterocycles. The Morgan fingerprint density at radius 2 is 1.94 bits per heavy atom. The third-order valence-corrected chi connectivity index (χ3v) is 7.88. The lowest BCUT2D eigenvalue weighted by molar-refractivity contribution is -0.117. The quantitative estimate of drug-likeness (QED) is 0.442. The zero-order valence-electron chi connectivity index (χ0n) is 18.3. The zero-order valence-corrected chi connectivity index (χ0v) is 19.9. The smallest absolute Gasteiger partial charge is 0.237 e. The van der Waals surface area contributed by atoms with Crippen molar-refractivity contribution in [2.75, 3.05) is 16.6 Å². The number of hydrogen-bond acceptors (Lipinski definition) is 8. The monoisotopic (exact) mass is 487 g/mol. The summed E-state index contributed by atoms with van der Waals surface area (Å²) in [5.41, 5.74) is 2.71. The van der Waals surface area contributed by atoms with E-state index in [0.717, 1.165) is 5.56 Å². The lowest BCUT2D eigenvalue weighted by atomic mass is 10.0. The number of anilines is 2. The first-order chi connectivity index (χ1) is 15.9. The number of sulfonamides is 1. The summed E-state index contributed by atoms with van der Waals surface area (Å²) < 4.78 is 32.2. The second-order valence-electron chi connectivity index (χ2n) is 7.63. The fourth-order valence-corrected chi connectivity index (χ4v) is 5.62. The molecule has 1 aliphatic carbocycles. The van der Waals surface area contributed by atoms with Gasteiger partial charge in [-0.25, -0.2) is 18.4 Å². The van der Waals surface area contributed by atoms with Crippen molar-refractivity contribution in [3.8, 4) is 17.1 Å². The first-order valence-electron chi connectivity index (χ1n) is 10.7. The minimum absolute atomic E-state index is 0.203. The van der Waals surface area contributed by atoms with Crippen LogP contribution in [0.5, 0.6) is 5.88 Å². The Bertz CT molecular complexity index is 1220. The van der Waals surface area contributed by atoms with Crippen molar-refractivity contribution in [2.24, 2.45) is 0 Å². The van der Waals surface area contributed by atoms with Crippen LogP contribution in [0.3, 0.4) is 0 Å². The highest BCUT2D eigenvalue weighted by Crippen LogP contribution is 2.32. The Morgan fingerprint density at radius 1 is 1.18 bits per heavy atom. The number of ether oxygens (including phenoxy) is 1. The summed E-state index contributed by atoms with van der Waals surface area (Å²) in [6.07, 6.45) is 5.10. The van der Waals surface area contributed by atoms with Gasteiger partial charge in [-0.1, -0.05) is 19.1 Å². The van der Waals surface area contributed by atoms with E-state index in [0.29, 0.717) is 54.0 Å². The Labute approximate surface area is 196 Å². The second-order valence-corrected chi connectivity index (χ2v) is 10.4. The van der Waals surface area contributed by atoms with Gasteiger partial charge in [0.25, 0.3) is 0 Å². The summed E-state index contributed by atoms with van der Waals surface area (Å²) in [6, 6.07) is 7.30. The van der Waals surface area contributed by atoms with Gasteiger partial charge in [0.15, 0.2) is 5.13 Å². The van der Waals surface area contributed by atoms with Crippen LogP contribution in [0.1, 0.15) is 44.7 Å². The van der Waals surface area contributed by atoms with Crippen LogP contribution in [0.4, 0.5) is 10.8 Å². The lowest BCUT2D eigenvalue weighted by Crippen LogP contribution is -2.21. The molecule has 1 aliphatic rings. The summed E-state index contributed by atoms with van der Waals surface area (Å²) >= 11 is 1.19. The number of rotatable bonds is 10. The molecule has 11 heteroatoms. The number of hydrogen-bond donors (Lipinski definition) is 2. The van der Waals surface area contributed by atoms with Crippen LogP contribution < -0.4 is 14.8 Å². The van der Waals surface area contributed by atoms with Gasteiger partial charge in [-0.2, -0.15) is 0 Å². The molecule has 1 amide bonds. The van der Waals surface area contributed by atoms with Crippen molar-refractivity contribution in [2.45, 2.75) is 44.3 Å². The van der Waals surface area contributed by atoms with Gasteiger partial charge >= 0.3 is 0 Å². The number of carbonyl (C=O) groups excluding carboxylic acids is 1. The van der Waals surface area contributed by atoms with E-state index in [2.05, 4.69) is 25.0 Å². The standard InChI is InChI=1S/C22H25N5O4S2/c1-3-17(19-13-32-22(26-19)27-33(29,30)16-9-10-16)21(28)24-15-7-5-14(6-8-15)18-11-23-12-20(25-18)31-4-2/h5-8,11-13,16-17H,3-4,9-10H2,1-2H3,(H,24,28)(H,26,27). The SMILES string of the molecule is CCOc1cncc(-c2ccc(NC(=O)C(CC)c3csc(NS(=O)(=O)C4CC4)n3)cc2)n1. The third-order valence-electron chi connectivity index (χ3n) is 5.15. The summed E-state index contributed by atoms with van der Waals surface area (Å²) in [7, 11) is -3.38. The second kappa shape index (κ2) is 9.84. The maximum Gasteiger partial charge on any atom is 0.237 e. The number of benzene rings is 1. The molecule has 9 nitrogen and oxygen atoms in total. The maximum absolute atomic E-state index is 12.9. The van der Waals surface area contributed by atoms with E-state index in [1.165, 1.54) is 11.3 Å². The highest BCUT2D eigenvalue weighted by Gasteiger charge is 2.36. The fraction of sp³-hybridized carbons (Fsp3) is 0.364. The van der Waals surface area contributed by atoms with Gasteiger partial charge in [0.1, 0.15) is 0 Å². The van der Waals surface area contributed by atoms with E-state index in [1.54, 1.807) is 29.9 Å². The van der Waals surface area contributed by atoms with Gasteiger partial charge in [0.05, 0.1) is 41.6 Å². The van der Waals surface area contributed by atoms with Crippen LogP contribution in [0.15, 0.2) is 42.0 Å². The first-order valence-corrected chi connectivity index (χ1v) is 13.2. The molecule has 1 saturated carbocycles. The van der Waals surface area contributed by atoms with E-state index < -0.39 is 15.9 Å². The van der Waals surface area contributed by atoms with Crippen molar-refractivity contribution < 1.29 is 17.9 Å². The molecule has 1 aromatic carbocycles. The first kappa shape index (κ1) is 23.1. The number of nitrogens with zero attached hydrogens (tertiary/aromatic N) is 3. The molecule has 0 bridgehead atoms. The predicted octanol–water partition coefficient (Wildman–Crippen LogP) is 4.04. The number of amides is 1. The molecule has 3 aromatic rings. The Kier molecular flexibility index (Phi) is 6.89. The van der Waals surface area contributed by atoms with Crippen molar-refractivity contribution in [3.05, 3.63) is 47.7 Å². The molecule has 1 atom stereocenters.